The normalized spacial score (nSPS) is 18.6. The van der Waals surface area contributed by atoms with Crippen LogP contribution in [0.2, 0.25) is 5.02 Å². The maximum Gasteiger partial charge on any atom is 0.275 e. The zero-order valence-electron chi connectivity index (χ0n) is 14.4. The lowest BCUT2D eigenvalue weighted by Gasteiger charge is -2.25. The Morgan fingerprint density at radius 2 is 1.93 bits per heavy atom. The van der Waals surface area contributed by atoms with Gasteiger partial charge in [0, 0.05) is 39.9 Å². The molecule has 2 aliphatic rings. The van der Waals surface area contributed by atoms with Crippen LogP contribution in [0.1, 0.15) is 11.1 Å². The van der Waals surface area contributed by atoms with Crippen molar-refractivity contribution in [2.75, 3.05) is 31.6 Å². The van der Waals surface area contributed by atoms with E-state index >= 15 is 0 Å². The molecule has 2 aromatic rings. The van der Waals surface area contributed by atoms with E-state index < -0.39 is 0 Å². The number of ether oxygens (including phenoxy) is 1. The molecule has 1 N–H and O–H groups in total. The van der Waals surface area contributed by atoms with Gasteiger partial charge in [-0.25, -0.2) is 4.99 Å². The van der Waals surface area contributed by atoms with E-state index in [1.54, 1.807) is 6.20 Å². The van der Waals surface area contributed by atoms with Crippen molar-refractivity contribution in [2.45, 2.75) is 0 Å². The number of carbonyl (C=O) groups is 1. The van der Waals surface area contributed by atoms with Gasteiger partial charge in [0.1, 0.15) is 5.70 Å². The fraction of sp³-hybridized carbons (Fsp3) is 0.200. The van der Waals surface area contributed by atoms with E-state index in [2.05, 4.69) is 26.1 Å². The summed E-state index contributed by atoms with van der Waals surface area (Å²) in [6.07, 6.45) is 1.80. The third-order valence-electron chi connectivity index (χ3n) is 4.43. The van der Waals surface area contributed by atoms with E-state index in [9.17, 15) is 4.79 Å². The minimum Gasteiger partial charge on any atom is -0.378 e. The molecular weight excluding hydrogens is 430 g/mol. The van der Waals surface area contributed by atoms with Gasteiger partial charge in [0.05, 0.1) is 24.6 Å². The summed E-state index contributed by atoms with van der Waals surface area (Å²) in [4.78, 5) is 19.6. The molecular formula is C20H17BrClN3O2. The Morgan fingerprint density at radius 3 is 2.70 bits per heavy atom. The van der Waals surface area contributed by atoms with Gasteiger partial charge in [0.15, 0.2) is 0 Å². The number of rotatable bonds is 2. The summed E-state index contributed by atoms with van der Waals surface area (Å²) >= 11 is 9.96. The number of halogens is 2. The molecule has 0 unspecified atom stereocenters. The van der Waals surface area contributed by atoms with Crippen LogP contribution < -0.4 is 5.32 Å². The maximum absolute atomic E-state index is 12.8. The summed E-state index contributed by atoms with van der Waals surface area (Å²) in [6, 6.07) is 13.2. The molecule has 1 fully saturated rings. The van der Waals surface area contributed by atoms with Gasteiger partial charge in [-0.05, 0) is 24.3 Å². The number of fused-ring (bicyclic) bond motifs is 1. The fourth-order valence-electron chi connectivity index (χ4n) is 3.06. The highest BCUT2D eigenvalue weighted by Gasteiger charge is 2.24. The maximum atomic E-state index is 12.8. The van der Waals surface area contributed by atoms with Gasteiger partial charge in [-0.1, -0.05) is 45.7 Å². The molecule has 0 aromatic heterocycles. The number of nitrogens with one attached hydrogen (secondary N) is 1. The topological polar surface area (TPSA) is 53.9 Å². The second-order valence-electron chi connectivity index (χ2n) is 6.25. The second kappa shape index (κ2) is 7.84. The first kappa shape index (κ1) is 18.2. The lowest BCUT2D eigenvalue weighted by Crippen LogP contribution is -2.33. The highest BCUT2D eigenvalue weighted by atomic mass is 79.9. The number of hydrogen-bond donors (Lipinski definition) is 1. The molecule has 7 heteroatoms. The second-order valence-corrected chi connectivity index (χ2v) is 7.57. The lowest BCUT2D eigenvalue weighted by molar-refractivity contribution is -0.113. The highest BCUT2D eigenvalue weighted by molar-refractivity contribution is 9.10. The number of nitrogens with zero attached hydrogens (tertiary/aromatic N) is 2. The van der Waals surface area contributed by atoms with Gasteiger partial charge in [0.25, 0.3) is 5.91 Å². The average Bonchev–Trinajstić information content (AvgIpc) is 2.80. The minimum absolute atomic E-state index is 0.243. The molecule has 2 aromatic carbocycles. The number of amides is 1. The van der Waals surface area contributed by atoms with Crippen molar-refractivity contribution < 1.29 is 9.53 Å². The molecule has 5 nitrogen and oxygen atoms in total. The molecule has 0 bridgehead atoms. The summed E-state index contributed by atoms with van der Waals surface area (Å²) in [5.74, 6) is -0.243. The Hall–Kier alpha value is -2.15. The van der Waals surface area contributed by atoms with Crippen LogP contribution in [0.15, 0.2) is 63.8 Å². The number of benzodiazepines with no additional fused rings is 1. The predicted octanol–water partition coefficient (Wildman–Crippen LogP) is 4.07. The first-order valence-corrected chi connectivity index (χ1v) is 9.77. The number of aliphatic imine (C=N–C) groups is 1. The molecule has 1 saturated heterocycles. The van der Waals surface area contributed by atoms with Crippen LogP contribution in [0.5, 0.6) is 0 Å². The Kier molecular flexibility index (Phi) is 5.29. The SMILES string of the molecule is O=C1Nc2ccc(Br)cc2C(c2ccccc2Cl)=NC1=CN1CCOCC1. The van der Waals surface area contributed by atoms with Crippen molar-refractivity contribution in [3.8, 4) is 0 Å². The molecule has 0 radical (unpaired) electrons. The molecule has 4 rings (SSSR count). The molecule has 0 aliphatic carbocycles. The Balaban J connectivity index is 1.87. The predicted molar refractivity (Wildman–Crippen MR) is 110 cm³/mol. The number of benzene rings is 2. The van der Waals surface area contributed by atoms with Crippen molar-refractivity contribution >= 4 is 44.8 Å². The van der Waals surface area contributed by atoms with Crippen LogP contribution in [-0.4, -0.2) is 42.8 Å². The van der Waals surface area contributed by atoms with Crippen molar-refractivity contribution in [3.63, 3.8) is 0 Å². The van der Waals surface area contributed by atoms with Gasteiger partial charge >= 0.3 is 0 Å². The number of hydrogen-bond acceptors (Lipinski definition) is 4. The molecule has 1 amide bonds. The fourth-order valence-corrected chi connectivity index (χ4v) is 3.65. The van der Waals surface area contributed by atoms with E-state index in [0.717, 1.165) is 28.7 Å². The summed E-state index contributed by atoms with van der Waals surface area (Å²) < 4.78 is 6.28. The van der Waals surface area contributed by atoms with E-state index in [1.807, 2.05) is 42.5 Å². The van der Waals surface area contributed by atoms with Crippen LogP contribution in [-0.2, 0) is 9.53 Å². The monoisotopic (exact) mass is 445 g/mol. The average molecular weight is 447 g/mol. The Bertz CT molecular complexity index is 952. The standard InChI is InChI=1S/C20H17BrClN3O2/c21-13-5-6-17-15(11-13)19(14-3-1-2-4-16(14)22)23-18(20(26)24-17)12-25-7-9-27-10-8-25/h1-6,11-12H,7-10H2,(H,24,26). The number of morpholine rings is 1. The first-order chi connectivity index (χ1) is 13.1. The summed E-state index contributed by atoms with van der Waals surface area (Å²) in [6.45, 7) is 2.73. The Labute approximate surface area is 170 Å². The summed E-state index contributed by atoms with van der Waals surface area (Å²) in [5.41, 5.74) is 3.31. The van der Waals surface area contributed by atoms with E-state index in [1.165, 1.54) is 0 Å². The van der Waals surface area contributed by atoms with Gasteiger partial charge in [-0.3, -0.25) is 4.79 Å². The van der Waals surface area contributed by atoms with Crippen molar-refractivity contribution in [1.82, 2.24) is 4.90 Å². The molecule has 0 spiro atoms. The Morgan fingerprint density at radius 1 is 1.15 bits per heavy atom. The van der Waals surface area contributed by atoms with Crippen LogP contribution >= 0.6 is 27.5 Å². The molecule has 138 valence electrons. The van der Waals surface area contributed by atoms with E-state index in [-0.39, 0.29) is 5.91 Å². The van der Waals surface area contributed by atoms with Crippen LogP contribution in [0.3, 0.4) is 0 Å². The van der Waals surface area contributed by atoms with Crippen LogP contribution in [0, 0.1) is 0 Å². The lowest BCUT2D eigenvalue weighted by atomic mass is 10.0. The van der Waals surface area contributed by atoms with Crippen molar-refractivity contribution in [3.05, 3.63) is 75.0 Å². The van der Waals surface area contributed by atoms with Crippen molar-refractivity contribution in [2.24, 2.45) is 4.99 Å². The molecule has 0 atom stereocenters. The van der Waals surface area contributed by atoms with Crippen LogP contribution in [0.4, 0.5) is 5.69 Å². The number of anilines is 1. The summed E-state index contributed by atoms with van der Waals surface area (Å²) in [7, 11) is 0. The molecule has 2 aliphatic heterocycles. The van der Waals surface area contributed by atoms with E-state index in [4.69, 9.17) is 21.3 Å². The third kappa shape index (κ3) is 3.93. The van der Waals surface area contributed by atoms with E-state index in [0.29, 0.717) is 35.3 Å². The van der Waals surface area contributed by atoms with Crippen LogP contribution in [0.25, 0.3) is 0 Å². The largest absolute Gasteiger partial charge is 0.378 e. The van der Waals surface area contributed by atoms with Gasteiger partial charge in [-0.2, -0.15) is 0 Å². The smallest absolute Gasteiger partial charge is 0.275 e. The first-order valence-electron chi connectivity index (χ1n) is 8.60. The molecule has 2 heterocycles. The minimum atomic E-state index is -0.243. The van der Waals surface area contributed by atoms with Gasteiger partial charge in [0.2, 0.25) is 0 Å². The zero-order chi connectivity index (χ0) is 18.8. The molecule has 0 saturated carbocycles. The van der Waals surface area contributed by atoms with Gasteiger partial charge < -0.3 is 15.0 Å². The van der Waals surface area contributed by atoms with Crippen molar-refractivity contribution in [1.29, 1.82) is 0 Å². The quantitative estimate of drug-likeness (QED) is 0.708. The summed E-state index contributed by atoms with van der Waals surface area (Å²) in [5, 5.41) is 3.55. The third-order valence-corrected chi connectivity index (χ3v) is 5.25. The molecule has 27 heavy (non-hydrogen) atoms. The number of carbonyl (C=O) groups excluding carboxylic acids is 1. The zero-order valence-corrected chi connectivity index (χ0v) is 16.8. The van der Waals surface area contributed by atoms with Gasteiger partial charge in [-0.15, -0.1) is 0 Å². The highest BCUT2D eigenvalue weighted by Crippen LogP contribution is 2.30.